The number of aliphatic carboxylic acids is 1. The fourth-order valence-electron chi connectivity index (χ4n) is 1.31. The first kappa shape index (κ1) is 13.9. The van der Waals surface area contributed by atoms with Crippen molar-refractivity contribution >= 4 is 11.9 Å². The van der Waals surface area contributed by atoms with Gasteiger partial charge in [-0.05, 0) is 18.9 Å². The van der Waals surface area contributed by atoms with E-state index in [1.807, 2.05) is 6.92 Å². The molecule has 0 rings (SSSR count). The van der Waals surface area contributed by atoms with Crippen LogP contribution in [-0.4, -0.2) is 41.5 Å². The maximum absolute atomic E-state index is 11.6. The molecule has 0 fully saturated rings. The van der Waals surface area contributed by atoms with Crippen molar-refractivity contribution < 1.29 is 14.7 Å². The largest absolute Gasteiger partial charge is 0.480 e. The molecule has 5 heteroatoms. The Morgan fingerprint density at radius 3 is 2.33 bits per heavy atom. The molecule has 2 unspecified atom stereocenters. The molecule has 0 aliphatic heterocycles. The first-order valence-corrected chi connectivity index (χ1v) is 5.12. The maximum Gasteiger partial charge on any atom is 0.326 e. The molecule has 5 nitrogen and oxygen atoms in total. The second-order valence-corrected chi connectivity index (χ2v) is 3.81. The third-order valence-corrected chi connectivity index (χ3v) is 2.46. The summed E-state index contributed by atoms with van der Waals surface area (Å²) in [7, 11) is 1.52. The molecule has 15 heavy (non-hydrogen) atoms. The van der Waals surface area contributed by atoms with Gasteiger partial charge in [0.1, 0.15) is 6.04 Å². The summed E-state index contributed by atoms with van der Waals surface area (Å²) in [4.78, 5) is 23.7. The quantitative estimate of drug-likeness (QED) is 0.668. The first-order valence-electron chi connectivity index (χ1n) is 5.12. The van der Waals surface area contributed by atoms with E-state index < -0.39 is 12.0 Å². The van der Waals surface area contributed by atoms with Gasteiger partial charge >= 0.3 is 5.97 Å². The number of carbonyl (C=O) groups excluding carboxylic acids is 1. The Hall–Kier alpha value is -1.10. The zero-order valence-corrected chi connectivity index (χ0v) is 9.56. The van der Waals surface area contributed by atoms with Gasteiger partial charge in [-0.3, -0.25) is 4.79 Å². The molecule has 0 aliphatic rings. The molecule has 0 aliphatic carbocycles. The van der Waals surface area contributed by atoms with Gasteiger partial charge in [0.2, 0.25) is 5.91 Å². The SMILES string of the molecule is CCC(C(=O)O)N(C)C(=O)CC(C)CN. The number of hydrogen-bond acceptors (Lipinski definition) is 3. The number of rotatable bonds is 6. The molecule has 0 saturated heterocycles. The molecule has 1 amide bonds. The summed E-state index contributed by atoms with van der Waals surface area (Å²) < 4.78 is 0. The van der Waals surface area contributed by atoms with E-state index in [0.717, 1.165) is 0 Å². The third-order valence-electron chi connectivity index (χ3n) is 2.46. The first-order chi connectivity index (χ1) is 6.93. The van der Waals surface area contributed by atoms with E-state index in [1.54, 1.807) is 6.92 Å². The van der Waals surface area contributed by atoms with Gasteiger partial charge in [0, 0.05) is 13.5 Å². The van der Waals surface area contributed by atoms with Crippen molar-refractivity contribution in [1.29, 1.82) is 0 Å². The van der Waals surface area contributed by atoms with E-state index in [0.29, 0.717) is 19.4 Å². The van der Waals surface area contributed by atoms with E-state index in [4.69, 9.17) is 10.8 Å². The minimum absolute atomic E-state index is 0.0891. The van der Waals surface area contributed by atoms with E-state index >= 15 is 0 Å². The van der Waals surface area contributed by atoms with Crippen LogP contribution in [0.25, 0.3) is 0 Å². The molecule has 3 N–H and O–H groups in total. The lowest BCUT2D eigenvalue weighted by atomic mass is 10.1. The minimum Gasteiger partial charge on any atom is -0.480 e. The summed E-state index contributed by atoms with van der Waals surface area (Å²) in [6.07, 6.45) is 0.714. The molecule has 2 atom stereocenters. The summed E-state index contributed by atoms with van der Waals surface area (Å²) in [5.41, 5.74) is 5.40. The predicted octanol–water partition coefficient (Wildman–Crippen LogP) is 0.293. The molecule has 0 aromatic heterocycles. The third kappa shape index (κ3) is 4.29. The van der Waals surface area contributed by atoms with Crippen LogP contribution in [0.5, 0.6) is 0 Å². The Balaban J connectivity index is 4.35. The van der Waals surface area contributed by atoms with Gasteiger partial charge in [0.25, 0.3) is 0 Å². The highest BCUT2D eigenvalue weighted by Gasteiger charge is 2.25. The van der Waals surface area contributed by atoms with Crippen LogP contribution in [-0.2, 0) is 9.59 Å². The summed E-state index contributed by atoms with van der Waals surface area (Å²) in [5.74, 6) is -1.04. The number of carboxylic acids is 1. The Kier molecular flexibility index (Phi) is 5.93. The lowest BCUT2D eigenvalue weighted by molar-refractivity contribution is -0.149. The summed E-state index contributed by atoms with van der Waals surface area (Å²) >= 11 is 0. The van der Waals surface area contributed by atoms with E-state index in [-0.39, 0.29) is 11.8 Å². The maximum atomic E-state index is 11.6. The highest BCUT2D eigenvalue weighted by Crippen LogP contribution is 2.08. The Morgan fingerprint density at radius 2 is 2.00 bits per heavy atom. The number of likely N-dealkylation sites (N-methyl/N-ethyl adjacent to an activating group) is 1. The fraction of sp³-hybridized carbons (Fsp3) is 0.800. The smallest absolute Gasteiger partial charge is 0.326 e. The van der Waals surface area contributed by atoms with E-state index in [2.05, 4.69) is 0 Å². The molecule has 0 spiro atoms. The average Bonchev–Trinajstić information content (AvgIpc) is 2.17. The Morgan fingerprint density at radius 1 is 1.47 bits per heavy atom. The predicted molar refractivity (Wildman–Crippen MR) is 57.3 cm³/mol. The van der Waals surface area contributed by atoms with E-state index in [9.17, 15) is 9.59 Å². The summed E-state index contributed by atoms with van der Waals surface area (Å²) in [6.45, 7) is 4.05. The zero-order valence-electron chi connectivity index (χ0n) is 9.56. The monoisotopic (exact) mass is 216 g/mol. The molecular formula is C10H20N2O3. The Labute approximate surface area is 90.2 Å². The minimum atomic E-state index is -0.964. The molecule has 0 heterocycles. The highest BCUT2D eigenvalue weighted by molar-refractivity contribution is 5.83. The second-order valence-electron chi connectivity index (χ2n) is 3.81. The van der Waals surface area contributed by atoms with Gasteiger partial charge in [0.15, 0.2) is 0 Å². The van der Waals surface area contributed by atoms with Gasteiger partial charge in [-0.1, -0.05) is 13.8 Å². The van der Waals surface area contributed by atoms with Crippen molar-refractivity contribution in [3.63, 3.8) is 0 Å². The molecule has 88 valence electrons. The second kappa shape index (κ2) is 6.40. The molecule has 0 saturated carbocycles. The van der Waals surface area contributed by atoms with Crippen LogP contribution >= 0.6 is 0 Å². The normalized spacial score (nSPS) is 14.4. The van der Waals surface area contributed by atoms with Gasteiger partial charge in [-0.15, -0.1) is 0 Å². The van der Waals surface area contributed by atoms with Crippen LogP contribution in [0.4, 0.5) is 0 Å². The average molecular weight is 216 g/mol. The lowest BCUT2D eigenvalue weighted by Crippen LogP contribution is -2.42. The molecular weight excluding hydrogens is 196 g/mol. The fourth-order valence-corrected chi connectivity index (χ4v) is 1.31. The number of nitrogens with two attached hydrogens (primary N) is 1. The highest BCUT2D eigenvalue weighted by atomic mass is 16.4. The molecule has 0 bridgehead atoms. The zero-order chi connectivity index (χ0) is 12.0. The van der Waals surface area contributed by atoms with Gasteiger partial charge < -0.3 is 15.7 Å². The van der Waals surface area contributed by atoms with E-state index in [1.165, 1.54) is 11.9 Å². The molecule has 0 radical (unpaired) electrons. The van der Waals surface area contributed by atoms with Crippen molar-refractivity contribution in [3.05, 3.63) is 0 Å². The van der Waals surface area contributed by atoms with Gasteiger partial charge in [-0.25, -0.2) is 4.79 Å². The van der Waals surface area contributed by atoms with Crippen molar-refractivity contribution in [2.45, 2.75) is 32.7 Å². The number of carboxylic acid groups (broad SMARTS) is 1. The topological polar surface area (TPSA) is 83.6 Å². The lowest BCUT2D eigenvalue weighted by Gasteiger charge is -2.24. The summed E-state index contributed by atoms with van der Waals surface area (Å²) in [5, 5.41) is 8.87. The van der Waals surface area contributed by atoms with Crippen LogP contribution in [0, 0.1) is 5.92 Å². The van der Waals surface area contributed by atoms with Crippen LogP contribution in [0.1, 0.15) is 26.7 Å². The van der Waals surface area contributed by atoms with Crippen LogP contribution in [0.2, 0.25) is 0 Å². The van der Waals surface area contributed by atoms with Gasteiger partial charge in [-0.2, -0.15) is 0 Å². The number of nitrogens with zero attached hydrogens (tertiary/aromatic N) is 1. The standard InChI is InChI=1S/C10H20N2O3/c1-4-8(10(14)15)12(3)9(13)5-7(2)6-11/h7-8H,4-6,11H2,1-3H3,(H,14,15). The van der Waals surface area contributed by atoms with Crippen molar-refractivity contribution in [1.82, 2.24) is 4.90 Å². The Bertz CT molecular complexity index is 231. The van der Waals surface area contributed by atoms with Crippen LogP contribution in [0.15, 0.2) is 0 Å². The van der Waals surface area contributed by atoms with Gasteiger partial charge in [0.05, 0.1) is 0 Å². The summed E-state index contributed by atoms with van der Waals surface area (Å²) in [6, 6.07) is -0.734. The number of hydrogen-bond donors (Lipinski definition) is 2. The molecule has 0 aromatic rings. The number of carbonyl (C=O) groups is 2. The van der Waals surface area contributed by atoms with Crippen molar-refractivity contribution in [2.75, 3.05) is 13.6 Å². The molecule has 0 aromatic carbocycles. The van der Waals surface area contributed by atoms with Crippen LogP contribution in [0.3, 0.4) is 0 Å². The number of amides is 1. The van der Waals surface area contributed by atoms with Crippen LogP contribution < -0.4 is 5.73 Å². The van der Waals surface area contributed by atoms with Crippen molar-refractivity contribution in [3.8, 4) is 0 Å². The van der Waals surface area contributed by atoms with Crippen molar-refractivity contribution in [2.24, 2.45) is 11.7 Å².